The molecule has 3 atom stereocenters. The maximum Gasteiger partial charge on any atom is 0.330 e. The van der Waals surface area contributed by atoms with E-state index in [9.17, 15) is 14.7 Å². The van der Waals surface area contributed by atoms with E-state index in [-0.39, 0.29) is 6.42 Å². The van der Waals surface area contributed by atoms with Gasteiger partial charge in [0.15, 0.2) is 5.13 Å². The number of nitrogens with one attached hydrogen (secondary N) is 2. The van der Waals surface area contributed by atoms with Gasteiger partial charge in [0.1, 0.15) is 6.23 Å². The van der Waals surface area contributed by atoms with E-state index in [1.54, 1.807) is 24.5 Å². The molecule has 3 aromatic rings. The third-order valence-corrected chi connectivity index (χ3v) is 5.54. The van der Waals surface area contributed by atoms with Gasteiger partial charge in [-0.15, -0.1) is 11.3 Å². The Morgan fingerprint density at radius 1 is 1.46 bits per heavy atom. The maximum absolute atomic E-state index is 12.0. The highest BCUT2D eigenvalue weighted by Gasteiger charge is 2.35. The number of nitrogens with zero attached hydrogens (tertiary/aromatic N) is 3. The van der Waals surface area contributed by atoms with Crippen molar-refractivity contribution in [1.82, 2.24) is 24.4 Å². The minimum Gasteiger partial charge on any atom is -0.390 e. The van der Waals surface area contributed by atoms with Gasteiger partial charge in [-0.1, -0.05) is 0 Å². The number of rotatable bonds is 6. The van der Waals surface area contributed by atoms with Crippen LogP contribution in [0.3, 0.4) is 0 Å². The van der Waals surface area contributed by atoms with Crippen LogP contribution in [-0.4, -0.2) is 43.0 Å². The molecule has 9 nitrogen and oxygen atoms in total. The molecular formula is C18H21N5O4S. The molecule has 0 radical (unpaired) electrons. The molecule has 0 saturated carbocycles. The van der Waals surface area contributed by atoms with Gasteiger partial charge in [-0.2, -0.15) is 0 Å². The van der Waals surface area contributed by atoms with Crippen LogP contribution in [0.25, 0.3) is 5.13 Å². The van der Waals surface area contributed by atoms with E-state index in [0.717, 1.165) is 10.8 Å². The fraction of sp³-hybridized carbons (Fsp3) is 0.389. The number of aliphatic hydroxyl groups excluding tert-OH is 1. The lowest BCUT2D eigenvalue weighted by molar-refractivity contribution is -0.0194. The minimum absolute atomic E-state index is 0.285. The molecule has 28 heavy (non-hydrogen) atoms. The van der Waals surface area contributed by atoms with Crippen molar-refractivity contribution >= 4 is 11.3 Å². The van der Waals surface area contributed by atoms with Crippen molar-refractivity contribution in [3.05, 3.63) is 68.2 Å². The van der Waals surface area contributed by atoms with E-state index >= 15 is 0 Å². The summed E-state index contributed by atoms with van der Waals surface area (Å²) in [5.41, 5.74) is 0.512. The van der Waals surface area contributed by atoms with E-state index in [1.165, 1.54) is 10.8 Å². The molecule has 1 aliphatic heterocycles. The summed E-state index contributed by atoms with van der Waals surface area (Å²) >= 11 is 1.56. The first-order valence-corrected chi connectivity index (χ1v) is 9.83. The molecule has 1 fully saturated rings. The quantitative estimate of drug-likeness (QED) is 0.553. The molecule has 0 unspecified atom stereocenters. The number of H-pyrrole nitrogens is 1. The zero-order chi connectivity index (χ0) is 19.7. The van der Waals surface area contributed by atoms with Gasteiger partial charge in [0.05, 0.1) is 12.2 Å². The molecule has 1 saturated heterocycles. The summed E-state index contributed by atoms with van der Waals surface area (Å²) in [5.74, 6) is 0. The smallest absolute Gasteiger partial charge is 0.330 e. The number of thiazole rings is 1. The molecule has 0 amide bonds. The van der Waals surface area contributed by atoms with Crippen molar-refractivity contribution in [3.8, 4) is 5.13 Å². The fourth-order valence-electron chi connectivity index (χ4n) is 3.29. The molecule has 4 rings (SSSR count). The second-order valence-corrected chi connectivity index (χ2v) is 7.60. The van der Waals surface area contributed by atoms with Gasteiger partial charge < -0.3 is 15.2 Å². The number of aliphatic hydroxyl groups is 1. The molecule has 1 aliphatic rings. The van der Waals surface area contributed by atoms with Crippen LogP contribution in [0.4, 0.5) is 0 Å². The molecule has 148 valence electrons. The molecule has 3 N–H and O–H groups in total. The van der Waals surface area contributed by atoms with Crippen LogP contribution in [0, 0.1) is 6.92 Å². The fourth-order valence-corrected chi connectivity index (χ4v) is 3.95. The lowest BCUT2D eigenvalue weighted by Gasteiger charge is -2.17. The Bertz CT molecular complexity index is 1050. The first kappa shape index (κ1) is 18.8. The van der Waals surface area contributed by atoms with Crippen LogP contribution in [-0.2, 0) is 11.3 Å². The average molecular weight is 403 g/mol. The van der Waals surface area contributed by atoms with Gasteiger partial charge in [0, 0.05) is 54.7 Å². The lowest BCUT2D eigenvalue weighted by atomic mass is 10.2. The number of hydrogen-bond acceptors (Lipinski definition) is 7. The van der Waals surface area contributed by atoms with Crippen molar-refractivity contribution < 1.29 is 9.84 Å². The molecule has 0 aromatic carbocycles. The van der Waals surface area contributed by atoms with Crippen molar-refractivity contribution in [2.24, 2.45) is 0 Å². The van der Waals surface area contributed by atoms with E-state index in [2.05, 4.69) is 15.3 Å². The van der Waals surface area contributed by atoms with Crippen LogP contribution in [0.5, 0.6) is 0 Å². The second-order valence-electron chi connectivity index (χ2n) is 6.73. The van der Waals surface area contributed by atoms with Crippen LogP contribution in [0.1, 0.15) is 23.9 Å². The minimum atomic E-state index is -0.706. The topological polar surface area (TPSA) is 114 Å². The van der Waals surface area contributed by atoms with Crippen LogP contribution < -0.4 is 16.6 Å². The zero-order valence-electron chi connectivity index (χ0n) is 15.2. The average Bonchev–Trinajstić information content (AvgIpc) is 3.39. The monoisotopic (exact) mass is 403 g/mol. The molecule has 4 heterocycles. The largest absolute Gasteiger partial charge is 0.390 e. The van der Waals surface area contributed by atoms with Gasteiger partial charge in [0.2, 0.25) is 0 Å². The molecule has 3 aromatic heterocycles. The number of aryl methyl sites for hydroxylation is 1. The highest BCUT2D eigenvalue weighted by atomic mass is 32.1. The number of hydrogen-bond donors (Lipinski definition) is 3. The predicted molar refractivity (Wildman–Crippen MR) is 104 cm³/mol. The van der Waals surface area contributed by atoms with E-state index in [0.29, 0.717) is 18.7 Å². The maximum atomic E-state index is 12.0. The third-order valence-electron chi connectivity index (χ3n) is 4.77. The van der Waals surface area contributed by atoms with Gasteiger partial charge in [-0.05, 0) is 19.1 Å². The lowest BCUT2D eigenvalue weighted by Crippen LogP contribution is -2.35. The number of aromatic amines is 1. The summed E-state index contributed by atoms with van der Waals surface area (Å²) < 4.78 is 9.20. The van der Waals surface area contributed by atoms with Crippen molar-refractivity contribution in [2.75, 3.05) is 6.54 Å². The summed E-state index contributed by atoms with van der Waals surface area (Å²) in [6, 6.07) is 3.96. The van der Waals surface area contributed by atoms with E-state index in [4.69, 9.17) is 4.74 Å². The van der Waals surface area contributed by atoms with Crippen LogP contribution in [0.2, 0.25) is 0 Å². The summed E-state index contributed by atoms with van der Waals surface area (Å²) in [6.45, 7) is 2.64. The number of aromatic nitrogens is 4. The Hall–Kier alpha value is -2.53. The van der Waals surface area contributed by atoms with Gasteiger partial charge in [-0.3, -0.25) is 18.9 Å². The Labute approximate surface area is 164 Å². The molecular weight excluding hydrogens is 382 g/mol. The molecule has 0 aliphatic carbocycles. The van der Waals surface area contributed by atoms with Crippen molar-refractivity contribution in [3.63, 3.8) is 0 Å². The van der Waals surface area contributed by atoms with Crippen molar-refractivity contribution in [2.45, 2.75) is 38.3 Å². The summed E-state index contributed by atoms with van der Waals surface area (Å²) in [7, 11) is 0. The number of ether oxygens (including phenoxy) is 1. The Balaban J connectivity index is 1.38. The summed E-state index contributed by atoms with van der Waals surface area (Å²) in [5, 5.41) is 16.4. The Kier molecular flexibility index (Phi) is 5.27. The SMILES string of the molecule is Cc1cn([C@H]2C[C@H](O)[C@@H](CNCc3cccn3-c3nccs3)O2)c(=O)[nH]c1=O. The molecule has 0 spiro atoms. The molecule has 0 bridgehead atoms. The van der Waals surface area contributed by atoms with Gasteiger partial charge in [0.25, 0.3) is 5.56 Å². The van der Waals surface area contributed by atoms with Crippen LogP contribution in [0.15, 0.2) is 45.7 Å². The molecule has 10 heteroatoms. The normalized spacial score (nSPS) is 22.0. The standard InChI is InChI=1S/C18H21N5O4S/c1-11-10-23(17(26)21-16(11)25)15-7-13(24)14(27-15)9-19-8-12-3-2-5-22(12)18-20-4-6-28-18/h2-6,10,13-15,19,24H,7-9H2,1H3,(H,21,25,26)/t13-,14+,15+/m0/s1. The zero-order valence-corrected chi connectivity index (χ0v) is 16.1. The highest BCUT2D eigenvalue weighted by Crippen LogP contribution is 2.27. The Morgan fingerprint density at radius 3 is 3.11 bits per heavy atom. The third kappa shape index (κ3) is 3.72. The van der Waals surface area contributed by atoms with Crippen molar-refractivity contribution in [1.29, 1.82) is 0 Å². The first-order chi connectivity index (χ1) is 13.5. The van der Waals surface area contributed by atoms with Gasteiger partial charge >= 0.3 is 5.69 Å². The highest BCUT2D eigenvalue weighted by molar-refractivity contribution is 7.12. The van der Waals surface area contributed by atoms with Gasteiger partial charge in [-0.25, -0.2) is 9.78 Å². The second kappa shape index (κ2) is 7.84. The van der Waals surface area contributed by atoms with Crippen LogP contribution >= 0.6 is 11.3 Å². The predicted octanol–water partition coefficient (Wildman–Crippen LogP) is 0.530. The Morgan fingerprint density at radius 2 is 2.32 bits per heavy atom. The first-order valence-electron chi connectivity index (χ1n) is 8.95. The van der Waals surface area contributed by atoms with E-state index in [1.807, 2.05) is 28.3 Å². The summed E-state index contributed by atoms with van der Waals surface area (Å²) in [6.07, 6.45) is 3.71. The van der Waals surface area contributed by atoms with E-state index < -0.39 is 29.7 Å². The summed E-state index contributed by atoms with van der Waals surface area (Å²) in [4.78, 5) is 30.1.